The standard InChI is InChI=1S/C15H21ClN2O4S/c1-5-7-18(23(4,20)21)8-6-15(19)17-13-9-11(2)12(16)10-14(13)22-3/h5,9-10H,1,6-8H2,2-4H3,(H,17,19). The van der Waals surface area contributed by atoms with E-state index in [1.807, 2.05) is 6.92 Å². The molecule has 0 aliphatic carbocycles. The van der Waals surface area contributed by atoms with Gasteiger partial charge in [-0.2, -0.15) is 4.31 Å². The Balaban J connectivity index is 2.77. The number of hydrogen-bond donors (Lipinski definition) is 1. The topological polar surface area (TPSA) is 75.7 Å². The van der Waals surface area contributed by atoms with E-state index < -0.39 is 10.0 Å². The van der Waals surface area contributed by atoms with E-state index in [4.69, 9.17) is 16.3 Å². The van der Waals surface area contributed by atoms with Crippen molar-refractivity contribution in [2.75, 3.05) is 31.8 Å². The quantitative estimate of drug-likeness (QED) is 0.722. The van der Waals surface area contributed by atoms with Crippen molar-refractivity contribution in [3.63, 3.8) is 0 Å². The number of carbonyl (C=O) groups excluding carboxylic acids is 1. The van der Waals surface area contributed by atoms with E-state index in [9.17, 15) is 13.2 Å². The monoisotopic (exact) mass is 360 g/mol. The maximum atomic E-state index is 12.1. The molecule has 1 aromatic carbocycles. The van der Waals surface area contributed by atoms with Crippen molar-refractivity contribution < 1.29 is 17.9 Å². The van der Waals surface area contributed by atoms with Crippen molar-refractivity contribution in [1.82, 2.24) is 4.31 Å². The maximum Gasteiger partial charge on any atom is 0.225 e. The minimum Gasteiger partial charge on any atom is -0.495 e. The van der Waals surface area contributed by atoms with Gasteiger partial charge in [0.2, 0.25) is 15.9 Å². The smallest absolute Gasteiger partial charge is 0.225 e. The molecule has 0 bridgehead atoms. The summed E-state index contributed by atoms with van der Waals surface area (Å²) in [6.07, 6.45) is 2.59. The predicted octanol–water partition coefficient (Wildman–Crippen LogP) is 2.43. The summed E-state index contributed by atoms with van der Waals surface area (Å²) in [6, 6.07) is 3.32. The fourth-order valence-electron chi connectivity index (χ4n) is 1.91. The van der Waals surface area contributed by atoms with E-state index in [2.05, 4.69) is 11.9 Å². The summed E-state index contributed by atoms with van der Waals surface area (Å²) >= 11 is 6.01. The first-order valence-electron chi connectivity index (χ1n) is 6.89. The van der Waals surface area contributed by atoms with Gasteiger partial charge in [0.1, 0.15) is 5.75 Å². The first kappa shape index (κ1) is 19.5. The lowest BCUT2D eigenvalue weighted by Crippen LogP contribution is -2.33. The van der Waals surface area contributed by atoms with Crippen LogP contribution in [0, 0.1) is 6.92 Å². The number of carbonyl (C=O) groups is 1. The molecule has 8 heteroatoms. The van der Waals surface area contributed by atoms with Crippen molar-refractivity contribution in [3.05, 3.63) is 35.4 Å². The lowest BCUT2D eigenvalue weighted by molar-refractivity contribution is -0.116. The Kier molecular flexibility index (Phi) is 7.05. The number of amides is 1. The van der Waals surface area contributed by atoms with Gasteiger partial charge in [-0.3, -0.25) is 4.79 Å². The number of nitrogens with zero attached hydrogens (tertiary/aromatic N) is 1. The van der Waals surface area contributed by atoms with Crippen molar-refractivity contribution in [3.8, 4) is 5.75 Å². The number of anilines is 1. The number of benzene rings is 1. The van der Waals surface area contributed by atoms with Gasteiger partial charge in [0.05, 0.1) is 19.1 Å². The van der Waals surface area contributed by atoms with Gasteiger partial charge in [-0.1, -0.05) is 17.7 Å². The molecule has 0 saturated carbocycles. The van der Waals surface area contributed by atoms with Crippen LogP contribution in [0.25, 0.3) is 0 Å². The first-order chi connectivity index (χ1) is 10.7. The zero-order valence-corrected chi connectivity index (χ0v) is 15.0. The van der Waals surface area contributed by atoms with Crippen LogP contribution in [-0.4, -0.2) is 45.1 Å². The van der Waals surface area contributed by atoms with Crippen molar-refractivity contribution in [1.29, 1.82) is 0 Å². The summed E-state index contributed by atoms with van der Waals surface area (Å²) in [7, 11) is -1.90. The van der Waals surface area contributed by atoms with Crippen molar-refractivity contribution in [2.24, 2.45) is 0 Å². The van der Waals surface area contributed by atoms with Gasteiger partial charge in [-0.25, -0.2) is 8.42 Å². The molecule has 0 aliphatic heterocycles. The van der Waals surface area contributed by atoms with E-state index in [0.29, 0.717) is 16.5 Å². The molecule has 23 heavy (non-hydrogen) atoms. The Morgan fingerprint density at radius 1 is 1.48 bits per heavy atom. The highest BCUT2D eigenvalue weighted by molar-refractivity contribution is 7.88. The van der Waals surface area contributed by atoms with E-state index in [0.717, 1.165) is 11.8 Å². The molecule has 1 amide bonds. The van der Waals surface area contributed by atoms with Gasteiger partial charge >= 0.3 is 0 Å². The molecule has 0 aliphatic rings. The number of halogens is 1. The van der Waals surface area contributed by atoms with E-state index in [1.54, 1.807) is 12.1 Å². The van der Waals surface area contributed by atoms with Gasteiger partial charge in [0.25, 0.3) is 0 Å². The minimum atomic E-state index is -3.38. The number of sulfonamides is 1. The molecule has 0 unspecified atom stereocenters. The summed E-state index contributed by atoms with van der Waals surface area (Å²) < 4.78 is 29.5. The number of aryl methyl sites for hydroxylation is 1. The molecule has 0 saturated heterocycles. The van der Waals surface area contributed by atoms with Crippen LogP contribution in [0.3, 0.4) is 0 Å². The second kappa shape index (κ2) is 8.33. The van der Waals surface area contributed by atoms with E-state index in [1.165, 1.54) is 17.5 Å². The predicted molar refractivity (Wildman–Crippen MR) is 92.6 cm³/mol. The molecule has 0 heterocycles. The van der Waals surface area contributed by atoms with Gasteiger partial charge in [-0.05, 0) is 18.6 Å². The highest BCUT2D eigenvalue weighted by atomic mass is 35.5. The van der Waals surface area contributed by atoms with E-state index in [-0.39, 0.29) is 25.4 Å². The molecular formula is C15H21ClN2O4S. The second-order valence-corrected chi connectivity index (χ2v) is 7.40. The number of hydrogen-bond acceptors (Lipinski definition) is 4. The third kappa shape index (κ3) is 5.85. The highest BCUT2D eigenvalue weighted by Gasteiger charge is 2.17. The van der Waals surface area contributed by atoms with Crippen LogP contribution >= 0.6 is 11.6 Å². The third-order valence-corrected chi connectivity index (χ3v) is 4.82. The molecule has 6 nitrogen and oxygen atoms in total. The Morgan fingerprint density at radius 2 is 2.13 bits per heavy atom. The number of nitrogens with one attached hydrogen (secondary N) is 1. The molecule has 128 valence electrons. The third-order valence-electron chi connectivity index (χ3n) is 3.14. The van der Waals surface area contributed by atoms with Crippen molar-refractivity contribution in [2.45, 2.75) is 13.3 Å². The van der Waals surface area contributed by atoms with E-state index >= 15 is 0 Å². The van der Waals surface area contributed by atoms with Gasteiger partial charge in [0.15, 0.2) is 0 Å². The lowest BCUT2D eigenvalue weighted by atomic mass is 10.2. The molecule has 1 rings (SSSR count). The zero-order chi connectivity index (χ0) is 17.6. The molecule has 0 spiro atoms. The fraction of sp³-hybridized carbons (Fsp3) is 0.400. The molecular weight excluding hydrogens is 340 g/mol. The normalized spacial score (nSPS) is 11.3. The van der Waals surface area contributed by atoms with Crippen LogP contribution in [0.1, 0.15) is 12.0 Å². The van der Waals surface area contributed by atoms with Crippen molar-refractivity contribution >= 4 is 33.2 Å². The molecule has 0 atom stereocenters. The Hall–Kier alpha value is -1.57. The summed E-state index contributed by atoms with van der Waals surface area (Å²) in [4.78, 5) is 12.1. The summed E-state index contributed by atoms with van der Waals surface area (Å²) in [5, 5.41) is 3.24. The molecule has 0 aromatic heterocycles. The largest absolute Gasteiger partial charge is 0.495 e. The van der Waals surface area contributed by atoms with Gasteiger partial charge in [-0.15, -0.1) is 6.58 Å². The van der Waals surface area contributed by atoms with Crippen LogP contribution in [0.15, 0.2) is 24.8 Å². The highest BCUT2D eigenvalue weighted by Crippen LogP contribution is 2.30. The zero-order valence-electron chi connectivity index (χ0n) is 13.4. The van der Waals surface area contributed by atoms with Gasteiger partial charge in [0, 0.05) is 30.6 Å². The maximum absolute atomic E-state index is 12.1. The van der Waals surface area contributed by atoms with Crippen LogP contribution in [0.2, 0.25) is 5.02 Å². The minimum absolute atomic E-state index is 0.0196. The summed E-state index contributed by atoms with van der Waals surface area (Å²) in [5.41, 5.74) is 1.29. The first-order valence-corrected chi connectivity index (χ1v) is 9.11. The van der Waals surface area contributed by atoms with Gasteiger partial charge < -0.3 is 10.1 Å². The van der Waals surface area contributed by atoms with Crippen LogP contribution in [0.4, 0.5) is 5.69 Å². The summed E-state index contributed by atoms with van der Waals surface area (Å²) in [5.74, 6) is 0.128. The lowest BCUT2D eigenvalue weighted by Gasteiger charge is -2.18. The molecule has 0 fully saturated rings. The molecule has 1 N–H and O–H groups in total. The molecule has 0 radical (unpaired) electrons. The fourth-order valence-corrected chi connectivity index (χ4v) is 2.86. The Labute approximate surface area is 142 Å². The average Bonchev–Trinajstić information content (AvgIpc) is 2.45. The summed E-state index contributed by atoms with van der Waals surface area (Å²) in [6.45, 7) is 5.56. The Bertz CT molecular complexity index is 689. The molecule has 1 aromatic rings. The second-order valence-electron chi connectivity index (χ2n) is 5.01. The SMILES string of the molecule is C=CCN(CCC(=O)Nc1cc(C)c(Cl)cc1OC)S(C)(=O)=O. The number of ether oxygens (including phenoxy) is 1. The average molecular weight is 361 g/mol. The van der Waals surface area contributed by atoms with Crippen LogP contribution in [0.5, 0.6) is 5.75 Å². The number of rotatable bonds is 8. The Morgan fingerprint density at radius 3 is 2.65 bits per heavy atom. The number of methoxy groups -OCH3 is 1. The van der Waals surface area contributed by atoms with Crippen LogP contribution in [-0.2, 0) is 14.8 Å². The van der Waals surface area contributed by atoms with Crippen LogP contribution < -0.4 is 10.1 Å².